The van der Waals surface area contributed by atoms with Crippen LogP contribution in [0.3, 0.4) is 0 Å². The molecule has 30 heavy (non-hydrogen) atoms. The van der Waals surface area contributed by atoms with Gasteiger partial charge in [0.25, 0.3) is 5.91 Å². The second-order valence-electron chi connectivity index (χ2n) is 6.44. The zero-order valence-corrected chi connectivity index (χ0v) is 15.9. The molecule has 0 bridgehead atoms. The SMILES string of the molecule is O=C(Nc1ccc(OC(F)(F)F)cc1)c1nnn2c1CO[C@H](c1ccc(Cl)cc1)C2. The molecule has 0 spiro atoms. The number of amides is 1. The zero-order valence-electron chi connectivity index (χ0n) is 15.2. The Morgan fingerprint density at radius 2 is 1.87 bits per heavy atom. The minimum absolute atomic E-state index is 0.0835. The molecule has 1 aliphatic heterocycles. The molecule has 2 heterocycles. The van der Waals surface area contributed by atoms with Crippen LogP contribution in [0.5, 0.6) is 5.75 Å². The molecule has 3 aromatic rings. The second kappa shape index (κ2) is 7.96. The van der Waals surface area contributed by atoms with Crippen molar-refractivity contribution in [2.45, 2.75) is 25.6 Å². The molecule has 7 nitrogen and oxygen atoms in total. The molecule has 1 N–H and O–H groups in total. The Hall–Kier alpha value is -3.11. The number of carbonyl (C=O) groups is 1. The van der Waals surface area contributed by atoms with Gasteiger partial charge in [-0.3, -0.25) is 4.79 Å². The summed E-state index contributed by atoms with van der Waals surface area (Å²) >= 11 is 5.90. The van der Waals surface area contributed by atoms with Gasteiger partial charge < -0.3 is 14.8 Å². The molecule has 1 aliphatic rings. The summed E-state index contributed by atoms with van der Waals surface area (Å²) in [6.45, 7) is 0.502. The van der Waals surface area contributed by atoms with E-state index < -0.39 is 12.3 Å². The first kappa shape index (κ1) is 20.2. The lowest BCUT2D eigenvalue weighted by molar-refractivity contribution is -0.274. The Labute approximate surface area is 173 Å². The summed E-state index contributed by atoms with van der Waals surface area (Å²) in [5.74, 6) is -0.933. The van der Waals surface area contributed by atoms with Gasteiger partial charge in [-0.1, -0.05) is 28.9 Å². The summed E-state index contributed by atoms with van der Waals surface area (Å²) in [5, 5.41) is 11.1. The number of alkyl halides is 3. The van der Waals surface area contributed by atoms with Gasteiger partial charge in [-0.05, 0) is 42.0 Å². The number of hydrogen-bond donors (Lipinski definition) is 1. The maximum absolute atomic E-state index is 12.5. The molecule has 4 rings (SSSR count). The third-order valence-electron chi connectivity index (χ3n) is 4.40. The number of halogens is 4. The highest BCUT2D eigenvalue weighted by Gasteiger charge is 2.31. The maximum Gasteiger partial charge on any atom is 0.573 e. The predicted molar refractivity (Wildman–Crippen MR) is 100 cm³/mol. The Kier molecular flexibility index (Phi) is 5.35. The van der Waals surface area contributed by atoms with Crippen molar-refractivity contribution in [1.29, 1.82) is 0 Å². The van der Waals surface area contributed by atoms with E-state index in [0.717, 1.165) is 17.7 Å². The van der Waals surface area contributed by atoms with E-state index in [1.165, 1.54) is 12.1 Å². The van der Waals surface area contributed by atoms with Crippen molar-refractivity contribution < 1.29 is 27.4 Å². The number of ether oxygens (including phenoxy) is 2. The summed E-state index contributed by atoms with van der Waals surface area (Å²) in [6, 6.07) is 12.0. The van der Waals surface area contributed by atoms with E-state index in [4.69, 9.17) is 16.3 Å². The number of rotatable bonds is 4. The maximum atomic E-state index is 12.5. The fraction of sp³-hybridized carbons (Fsp3) is 0.211. The van der Waals surface area contributed by atoms with Crippen LogP contribution >= 0.6 is 11.6 Å². The molecule has 0 saturated heterocycles. The molecule has 156 valence electrons. The van der Waals surface area contributed by atoms with Crippen LogP contribution in [0.4, 0.5) is 18.9 Å². The molecular formula is C19H14ClF3N4O3. The van der Waals surface area contributed by atoms with E-state index in [2.05, 4.69) is 20.4 Å². The molecule has 0 aliphatic carbocycles. The summed E-state index contributed by atoms with van der Waals surface area (Å²) < 4.78 is 47.9. The van der Waals surface area contributed by atoms with Crippen LogP contribution in [0, 0.1) is 0 Å². The summed E-state index contributed by atoms with van der Waals surface area (Å²) in [7, 11) is 0. The molecular weight excluding hydrogens is 425 g/mol. The van der Waals surface area contributed by atoms with Crippen LogP contribution in [0.2, 0.25) is 5.02 Å². The van der Waals surface area contributed by atoms with Crippen LogP contribution in [0.1, 0.15) is 27.8 Å². The fourth-order valence-electron chi connectivity index (χ4n) is 3.00. The van der Waals surface area contributed by atoms with E-state index in [1.54, 1.807) is 16.8 Å². The average Bonchev–Trinajstić information content (AvgIpc) is 3.12. The highest BCUT2D eigenvalue weighted by atomic mass is 35.5. The van der Waals surface area contributed by atoms with Gasteiger partial charge in [0.05, 0.1) is 18.8 Å². The molecule has 0 radical (unpaired) electrons. The van der Waals surface area contributed by atoms with E-state index in [-0.39, 0.29) is 29.8 Å². The third kappa shape index (κ3) is 4.55. The van der Waals surface area contributed by atoms with Crippen LogP contribution in [0.25, 0.3) is 0 Å². The number of carbonyl (C=O) groups excluding carboxylic acids is 1. The molecule has 2 aromatic carbocycles. The van der Waals surface area contributed by atoms with Crippen molar-refractivity contribution in [3.63, 3.8) is 0 Å². The number of fused-ring (bicyclic) bond motifs is 1. The monoisotopic (exact) mass is 438 g/mol. The fourth-order valence-corrected chi connectivity index (χ4v) is 3.12. The van der Waals surface area contributed by atoms with Crippen molar-refractivity contribution >= 4 is 23.2 Å². The molecule has 1 atom stereocenters. The number of benzene rings is 2. The summed E-state index contributed by atoms with van der Waals surface area (Å²) in [4.78, 5) is 12.5. The van der Waals surface area contributed by atoms with E-state index in [9.17, 15) is 18.0 Å². The van der Waals surface area contributed by atoms with Crippen molar-refractivity contribution in [2.24, 2.45) is 0 Å². The van der Waals surface area contributed by atoms with Crippen LogP contribution in [-0.4, -0.2) is 27.3 Å². The highest BCUT2D eigenvalue weighted by molar-refractivity contribution is 6.30. The minimum Gasteiger partial charge on any atom is -0.406 e. The van der Waals surface area contributed by atoms with Gasteiger partial charge in [0.15, 0.2) is 5.69 Å². The van der Waals surface area contributed by atoms with Crippen molar-refractivity contribution in [3.8, 4) is 5.75 Å². The smallest absolute Gasteiger partial charge is 0.406 e. The second-order valence-corrected chi connectivity index (χ2v) is 6.88. The van der Waals surface area contributed by atoms with Gasteiger partial charge in [0.2, 0.25) is 0 Å². The molecule has 1 aromatic heterocycles. The van der Waals surface area contributed by atoms with Gasteiger partial charge in [-0.15, -0.1) is 18.3 Å². The number of nitrogens with zero attached hydrogens (tertiary/aromatic N) is 3. The van der Waals surface area contributed by atoms with E-state index in [1.807, 2.05) is 12.1 Å². The number of hydrogen-bond acceptors (Lipinski definition) is 5. The normalized spacial score (nSPS) is 16.1. The lowest BCUT2D eigenvalue weighted by Gasteiger charge is -2.24. The lowest BCUT2D eigenvalue weighted by atomic mass is 10.1. The lowest BCUT2D eigenvalue weighted by Crippen LogP contribution is -2.24. The quantitative estimate of drug-likeness (QED) is 0.655. The van der Waals surface area contributed by atoms with Gasteiger partial charge in [-0.25, -0.2) is 4.68 Å². The molecule has 0 fully saturated rings. The number of aromatic nitrogens is 3. The third-order valence-corrected chi connectivity index (χ3v) is 4.65. The summed E-state index contributed by atoms with van der Waals surface area (Å²) in [5.41, 5.74) is 1.80. The molecule has 0 saturated carbocycles. The molecule has 0 unspecified atom stereocenters. The van der Waals surface area contributed by atoms with Gasteiger partial charge in [0, 0.05) is 10.7 Å². The molecule has 1 amide bonds. The van der Waals surface area contributed by atoms with E-state index >= 15 is 0 Å². The van der Waals surface area contributed by atoms with Gasteiger partial charge >= 0.3 is 6.36 Å². The zero-order chi connectivity index (χ0) is 21.3. The van der Waals surface area contributed by atoms with Gasteiger partial charge in [-0.2, -0.15) is 0 Å². The Bertz CT molecular complexity index is 1050. The van der Waals surface area contributed by atoms with Crippen LogP contribution in [-0.2, 0) is 17.9 Å². The largest absolute Gasteiger partial charge is 0.573 e. The first-order valence-corrected chi connectivity index (χ1v) is 9.13. The topological polar surface area (TPSA) is 78.3 Å². The van der Waals surface area contributed by atoms with Crippen molar-refractivity contribution in [1.82, 2.24) is 15.0 Å². The Morgan fingerprint density at radius 3 is 2.53 bits per heavy atom. The minimum atomic E-state index is -4.78. The Balaban J connectivity index is 1.44. The van der Waals surface area contributed by atoms with Crippen molar-refractivity contribution in [3.05, 3.63) is 70.5 Å². The average molecular weight is 439 g/mol. The first-order chi connectivity index (χ1) is 14.3. The van der Waals surface area contributed by atoms with E-state index in [0.29, 0.717) is 17.3 Å². The van der Waals surface area contributed by atoms with Gasteiger partial charge in [0.1, 0.15) is 11.9 Å². The van der Waals surface area contributed by atoms with Crippen molar-refractivity contribution in [2.75, 3.05) is 5.32 Å². The molecule has 11 heteroatoms. The first-order valence-electron chi connectivity index (χ1n) is 8.75. The number of anilines is 1. The standard InChI is InChI=1S/C19H14ClF3N4O3/c20-12-3-1-11(2-4-12)16-9-27-15(10-29-16)17(25-26-27)18(28)24-13-5-7-14(8-6-13)30-19(21,22)23/h1-8,16H,9-10H2,(H,24,28)/t16-/m0/s1. The highest BCUT2D eigenvalue weighted by Crippen LogP contribution is 2.28. The summed E-state index contributed by atoms with van der Waals surface area (Å²) in [6.07, 6.45) is -5.04. The Morgan fingerprint density at radius 1 is 1.17 bits per heavy atom. The van der Waals surface area contributed by atoms with Crippen LogP contribution in [0.15, 0.2) is 48.5 Å². The number of nitrogens with one attached hydrogen (secondary N) is 1. The predicted octanol–water partition coefficient (Wildman–Crippen LogP) is 4.35. The van der Waals surface area contributed by atoms with Crippen LogP contribution < -0.4 is 10.1 Å².